The number of aromatic nitrogens is 4. The van der Waals surface area contributed by atoms with Crippen LogP contribution in [0.4, 0.5) is 0 Å². The predicted molar refractivity (Wildman–Crippen MR) is 79.7 cm³/mol. The number of fused-ring (bicyclic) bond motifs is 1. The lowest BCUT2D eigenvalue weighted by molar-refractivity contribution is 0.894. The van der Waals surface area contributed by atoms with E-state index in [4.69, 9.17) is 5.26 Å². The van der Waals surface area contributed by atoms with Crippen molar-refractivity contribution >= 4 is 17.4 Å². The molecular formula is C14H11N5OS. The van der Waals surface area contributed by atoms with Gasteiger partial charge in [-0.05, 0) is 24.6 Å². The molecule has 2 aromatic heterocycles. The molecule has 21 heavy (non-hydrogen) atoms. The van der Waals surface area contributed by atoms with Gasteiger partial charge in [0, 0.05) is 18.1 Å². The zero-order valence-electron chi connectivity index (χ0n) is 11.2. The highest BCUT2D eigenvalue weighted by Gasteiger charge is 2.11. The minimum Gasteiger partial charge on any atom is -0.280 e. The molecule has 0 spiro atoms. The van der Waals surface area contributed by atoms with Crippen molar-refractivity contribution in [3.8, 4) is 11.8 Å². The highest BCUT2D eigenvalue weighted by Crippen LogP contribution is 2.15. The maximum absolute atomic E-state index is 12.5. The summed E-state index contributed by atoms with van der Waals surface area (Å²) in [7, 11) is 0. The average Bonchev–Trinajstić information content (AvgIpc) is 2.89. The average molecular weight is 297 g/mol. The summed E-state index contributed by atoms with van der Waals surface area (Å²) < 4.78 is 3.15. The van der Waals surface area contributed by atoms with Gasteiger partial charge < -0.3 is 0 Å². The summed E-state index contributed by atoms with van der Waals surface area (Å²) in [6.45, 7) is 1.97. The van der Waals surface area contributed by atoms with Crippen LogP contribution in [-0.4, -0.2) is 24.9 Å². The van der Waals surface area contributed by atoms with Crippen LogP contribution < -0.4 is 5.56 Å². The molecule has 0 fully saturated rings. The lowest BCUT2D eigenvalue weighted by Gasteiger charge is -2.06. The molecule has 0 radical (unpaired) electrons. The Balaban J connectivity index is 2.14. The van der Waals surface area contributed by atoms with E-state index < -0.39 is 0 Å². The van der Waals surface area contributed by atoms with E-state index in [2.05, 4.69) is 10.2 Å². The number of rotatable bonds is 3. The van der Waals surface area contributed by atoms with Crippen LogP contribution in [0.2, 0.25) is 0 Å². The lowest BCUT2D eigenvalue weighted by atomic mass is 10.2. The van der Waals surface area contributed by atoms with Crippen LogP contribution in [0.25, 0.3) is 11.3 Å². The molecule has 0 saturated heterocycles. The summed E-state index contributed by atoms with van der Waals surface area (Å²) in [5, 5.41) is 17.0. The zero-order valence-corrected chi connectivity index (χ0v) is 12.0. The monoisotopic (exact) mass is 297 g/mol. The fourth-order valence-electron chi connectivity index (χ4n) is 2.04. The van der Waals surface area contributed by atoms with E-state index in [1.807, 2.05) is 37.3 Å². The Morgan fingerprint density at radius 3 is 2.95 bits per heavy atom. The van der Waals surface area contributed by atoms with Crippen molar-refractivity contribution < 1.29 is 0 Å². The second-order valence-electron chi connectivity index (χ2n) is 4.44. The predicted octanol–water partition coefficient (Wildman–Crippen LogP) is 1.80. The van der Waals surface area contributed by atoms with Crippen molar-refractivity contribution in [2.45, 2.75) is 12.1 Å². The SMILES string of the molecule is Cc1cccc(-n2ccn3c(SCC#N)nnc3c2=O)c1. The molecule has 0 aliphatic heterocycles. The van der Waals surface area contributed by atoms with Gasteiger partial charge in [0.1, 0.15) is 0 Å². The summed E-state index contributed by atoms with van der Waals surface area (Å²) in [5.74, 6) is 0.266. The Morgan fingerprint density at radius 2 is 2.19 bits per heavy atom. The molecule has 7 heteroatoms. The maximum Gasteiger partial charge on any atom is 0.300 e. The second kappa shape index (κ2) is 5.42. The molecule has 0 N–H and O–H groups in total. The third kappa shape index (κ3) is 2.41. The standard InChI is InChI=1S/C14H11N5OS/c1-10-3-2-4-11(9-10)18-6-7-19-12(13(18)20)16-17-14(19)21-8-5-15/h2-4,6-7,9H,8H2,1H3. The van der Waals surface area contributed by atoms with E-state index in [-0.39, 0.29) is 17.0 Å². The molecule has 0 saturated carbocycles. The Kier molecular flexibility index (Phi) is 3.46. The van der Waals surface area contributed by atoms with Gasteiger partial charge in [-0.3, -0.25) is 13.8 Å². The molecule has 3 rings (SSSR count). The van der Waals surface area contributed by atoms with Crippen LogP contribution in [0.5, 0.6) is 0 Å². The number of nitrogens with zero attached hydrogens (tertiary/aromatic N) is 5. The number of hydrogen-bond donors (Lipinski definition) is 0. The summed E-state index contributed by atoms with van der Waals surface area (Å²) in [6.07, 6.45) is 3.42. The fraction of sp³-hybridized carbons (Fsp3) is 0.143. The summed E-state index contributed by atoms with van der Waals surface area (Å²) in [5.41, 5.74) is 1.88. The van der Waals surface area contributed by atoms with Crippen LogP contribution >= 0.6 is 11.8 Å². The Morgan fingerprint density at radius 1 is 1.33 bits per heavy atom. The first kappa shape index (κ1) is 13.4. The van der Waals surface area contributed by atoms with Gasteiger partial charge in [-0.2, -0.15) is 5.26 Å². The minimum atomic E-state index is -0.237. The number of nitriles is 1. The van der Waals surface area contributed by atoms with Crippen molar-refractivity contribution in [3.05, 3.63) is 52.6 Å². The molecule has 6 nitrogen and oxygen atoms in total. The number of hydrogen-bond acceptors (Lipinski definition) is 5. The summed E-state index contributed by atoms with van der Waals surface area (Å²) in [6, 6.07) is 9.70. The van der Waals surface area contributed by atoms with Crippen molar-refractivity contribution in [1.29, 1.82) is 5.26 Å². The van der Waals surface area contributed by atoms with Gasteiger partial charge in [0.2, 0.25) is 5.65 Å². The van der Waals surface area contributed by atoms with Crippen LogP contribution in [0.1, 0.15) is 5.56 Å². The summed E-state index contributed by atoms with van der Waals surface area (Å²) in [4.78, 5) is 12.5. The third-order valence-electron chi connectivity index (χ3n) is 2.99. The van der Waals surface area contributed by atoms with Crippen LogP contribution in [-0.2, 0) is 0 Å². The van der Waals surface area contributed by atoms with Gasteiger partial charge in [0.25, 0.3) is 0 Å². The van der Waals surface area contributed by atoms with Crippen LogP contribution in [0.15, 0.2) is 46.6 Å². The smallest absolute Gasteiger partial charge is 0.280 e. The first-order valence-corrected chi connectivity index (χ1v) is 7.22. The van der Waals surface area contributed by atoms with Crippen molar-refractivity contribution in [3.63, 3.8) is 0 Å². The molecule has 104 valence electrons. The van der Waals surface area contributed by atoms with E-state index in [9.17, 15) is 4.79 Å². The molecule has 0 aliphatic rings. The third-order valence-corrected chi connectivity index (χ3v) is 3.80. The molecule has 0 amide bonds. The van der Waals surface area contributed by atoms with Gasteiger partial charge in [-0.15, -0.1) is 10.2 Å². The zero-order chi connectivity index (χ0) is 14.8. The normalized spacial score (nSPS) is 10.7. The molecule has 2 heterocycles. The van der Waals surface area contributed by atoms with E-state index in [1.54, 1.807) is 16.8 Å². The Hall–Kier alpha value is -2.59. The van der Waals surface area contributed by atoms with E-state index in [0.717, 1.165) is 11.3 Å². The highest BCUT2D eigenvalue weighted by molar-refractivity contribution is 7.99. The van der Waals surface area contributed by atoms with Gasteiger partial charge in [0.15, 0.2) is 5.16 Å². The molecule has 0 aliphatic carbocycles. The molecule has 0 unspecified atom stereocenters. The Bertz CT molecular complexity index is 906. The van der Waals surface area contributed by atoms with Crippen molar-refractivity contribution in [2.75, 3.05) is 5.75 Å². The van der Waals surface area contributed by atoms with E-state index in [0.29, 0.717) is 5.16 Å². The van der Waals surface area contributed by atoms with Gasteiger partial charge in [0.05, 0.1) is 11.8 Å². The number of aryl methyl sites for hydroxylation is 1. The lowest BCUT2D eigenvalue weighted by Crippen LogP contribution is -2.20. The number of thioether (sulfide) groups is 1. The molecular weight excluding hydrogens is 286 g/mol. The van der Waals surface area contributed by atoms with Crippen LogP contribution in [0, 0.1) is 18.3 Å². The van der Waals surface area contributed by atoms with Gasteiger partial charge in [-0.1, -0.05) is 23.9 Å². The second-order valence-corrected chi connectivity index (χ2v) is 5.38. The first-order chi connectivity index (χ1) is 10.2. The van der Waals surface area contributed by atoms with Crippen LogP contribution in [0.3, 0.4) is 0 Å². The van der Waals surface area contributed by atoms with Gasteiger partial charge >= 0.3 is 5.56 Å². The maximum atomic E-state index is 12.5. The fourth-order valence-corrected chi connectivity index (χ4v) is 2.62. The van der Waals surface area contributed by atoms with Gasteiger partial charge in [-0.25, -0.2) is 0 Å². The minimum absolute atomic E-state index is 0.237. The quantitative estimate of drug-likeness (QED) is 0.689. The van der Waals surface area contributed by atoms with E-state index in [1.165, 1.54) is 16.3 Å². The molecule has 1 aromatic carbocycles. The molecule has 3 aromatic rings. The van der Waals surface area contributed by atoms with Crippen molar-refractivity contribution in [1.82, 2.24) is 19.2 Å². The number of benzene rings is 1. The van der Waals surface area contributed by atoms with Crippen molar-refractivity contribution in [2.24, 2.45) is 0 Å². The largest absolute Gasteiger partial charge is 0.300 e. The molecule has 0 atom stereocenters. The Labute approximate surface area is 124 Å². The van der Waals surface area contributed by atoms with E-state index >= 15 is 0 Å². The highest BCUT2D eigenvalue weighted by atomic mass is 32.2. The first-order valence-electron chi connectivity index (χ1n) is 6.24. The molecule has 0 bridgehead atoms. The topological polar surface area (TPSA) is 76.0 Å². The summed E-state index contributed by atoms with van der Waals surface area (Å²) >= 11 is 1.25.